The maximum Gasteiger partial charge on any atom is 0.270 e. The molecule has 21 heavy (non-hydrogen) atoms. The number of hydrogen-bond acceptors (Lipinski definition) is 2. The number of hydrogen-bond donors (Lipinski definition) is 1. The number of Topliss-reactive ketones (excluding diaryl/α,β-unsaturated/α-hetero) is 1. The Balaban J connectivity index is 2.21. The molecule has 0 saturated heterocycles. The number of aromatic nitrogens is 1. The fourth-order valence-electron chi connectivity index (χ4n) is 2.15. The zero-order chi connectivity index (χ0) is 15.4. The zero-order valence-electron chi connectivity index (χ0n) is 12.6. The van der Waals surface area contributed by atoms with Gasteiger partial charge in [-0.05, 0) is 31.5 Å². The van der Waals surface area contributed by atoms with E-state index in [9.17, 15) is 9.59 Å². The van der Waals surface area contributed by atoms with E-state index in [2.05, 4.69) is 4.98 Å². The number of carbonyl (C=O) groups is 2. The van der Waals surface area contributed by atoms with Crippen molar-refractivity contribution in [1.29, 1.82) is 0 Å². The van der Waals surface area contributed by atoms with Crippen LogP contribution in [0.4, 0.5) is 0 Å². The summed E-state index contributed by atoms with van der Waals surface area (Å²) in [6.07, 6.45) is 0. The maximum atomic E-state index is 12.6. The number of amides is 1. The third-order valence-electron chi connectivity index (χ3n) is 3.38. The van der Waals surface area contributed by atoms with Crippen LogP contribution in [0.25, 0.3) is 0 Å². The van der Waals surface area contributed by atoms with Gasteiger partial charge in [0, 0.05) is 19.5 Å². The molecule has 0 aliphatic carbocycles. The van der Waals surface area contributed by atoms with Gasteiger partial charge in [-0.3, -0.25) is 9.59 Å². The van der Waals surface area contributed by atoms with E-state index >= 15 is 0 Å². The maximum absolute atomic E-state index is 12.6. The van der Waals surface area contributed by atoms with Crippen molar-refractivity contribution in [2.45, 2.75) is 33.4 Å². The number of rotatable bonds is 5. The molecule has 0 aliphatic heterocycles. The lowest BCUT2D eigenvalue weighted by Gasteiger charge is -2.26. The third kappa shape index (κ3) is 3.60. The molecule has 0 radical (unpaired) electrons. The molecule has 1 N–H and O–H groups in total. The first kappa shape index (κ1) is 15.0. The topological polar surface area (TPSA) is 53.2 Å². The molecule has 2 rings (SSSR count). The smallest absolute Gasteiger partial charge is 0.270 e. The van der Waals surface area contributed by atoms with Crippen molar-refractivity contribution in [1.82, 2.24) is 9.88 Å². The normalized spacial score (nSPS) is 10.7. The van der Waals surface area contributed by atoms with Crippen LogP contribution < -0.4 is 0 Å². The van der Waals surface area contributed by atoms with Crippen LogP contribution in [0.5, 0.6) is 0 Å². The highest BCUT2D eigenvalue weighted by atomic mass is 16.2. The van der Waals surface area contributed by atoms with Gasteiger partial charge in [0.05, 0.1) is 5.69 Å². The summed E-state index contributed by atoms with van der Waals surface area (Å²) in [5.74, 6) is -0.172. The molecule has 0 aliphatic rings. The van der Waals surface area contributed by atoms with Crippen molar-refractivity contribution in [3.8, 4) is 0 Å². The minimum absolute atomic E-state index is 0.0711. The summed E-state index contributed by atoms with van der Waals surface area (Å²) in [5.41, 5.74) is 1.99. The van der Waals surface area contributed by atoms with Crippen LogP contribution in [-0.4, -0.2) is 27.6 Å². The Morgan fingerprint density at radius 1 is 1.05 bits per heavy atom. The van der Waals surface area contributed by atoms with Crippen LogP contribution in [0.15, 0.2) is 42.5 Å². The SMILES string of the molecule is CC(=O)c1ccc(C(=O)N(Cc2ccccc2)C(C)C)[nH]1. The Morgan fingerprint density at radius 3 is 2.19 bits per heavy atom. The number of carbonyl (C=O) groups excluding carboxylic acids is 2. The number of aromatic amines is 1. The van der Waals surface area contributed by atoms with Gasteiger partial charge in [0.1, 0.15) is 5.69 Å². The monoisotopic (exact) mass is 284 g/mol. The number of ketones is 1. The van der Waals surface area contributed by atoms with Gasteiger partial charge in [-0.2, -0.15) is 0 Å². The number of nitrogens with zero attached hydrogens (tertiary/aromatic N) is 1. The van der Waals surface area contributed by atoms with Crippen LogP contribution in [0.3, 0.4) is 0 Å². The summed E-state index contributed by atoms with van der Waals surface area (Å²) in [6, 6.07) is 13.3. The quantitative estimate of drug-likeness (QED) is 0.857. The lowest BCUT2D eigenvalue weighted by atomic mass is 10.2. The van der Waals surface area contributed by atoms with Crippen LogP contribution >= 0.6 is 0 Å². The van der Waals surface area contributed by atoms with E-state index < -0.39 is 0 Å². The van der Waals surface area contributed by atoms with E-state index in [1.54, 1.807) is 17.0 Å². The van der Waals surface area contributed by atoms with Crippen LogP contribution in [-0.2, 0) is 6.54 Å². The van der Waals surface area contributed by atoms with Gasteiger partial charge in [-0.1, -0.05) is 30.3 Å². The molecule has 1 aromatic heterocycles. The minimum Gasteiger partial charge on any atom is -0.348 e. The average Bonchev–Trinajstić information content (AvgIpc) is 2.95. The predicted molar refractivity (Wildman–Crippen MR) is 82.2 cm³/mol. The Hall–Kier alpha value is -2.36. The Bertz CT molecular complexity index is 629. The number of nitrogens with one attached hydrogen (secondary N) is 1. The van der Waals surface area contributed by atoms with E-state index in [1.807, 2.05) is 44.2 Å². The van der Waals surface area contributed by atoms with Gasteiger partial charge in [0.2, 0.25) is 0 Å². The molecule has 0 atom stereocenters. The molecule has 4 heteroatoms. The highest BCUT2D eigenvalue weighted by molar-refractivity contribution is 5.97. The Kier molecular flexibility index (Phi) is 4.58. The van der Waals surface area contributed by atoms with Gasteiger partial charge in [-0.25, -0.2) is 0 Å². The minimum atomic E-state index is -0.0960. The summed E-state index contributed by atoms with van der Waals surface area (Å²) in [7, 11) is 0. The number of benzene rings is 1. The van der Waals surface area contributed by atoms with Crippen LogP contribution in [0.1, 0.15) is 47.3 Å². The lowest BCUT2D eigenvalue weighted by Crippen LogP contribution is -2.36. The molecule has 1 aromatic carbocycles. The summed E-state index contributed by atoms with van der Waals surface area (Å²) in [6.45, 7) is 5.99. The van der Waals surface area contributed by atoms with E-state index in [-0.39, 0.29) is 17.7 Å². The Morgan fingerprint density at radius 2 is 1.67 bits per heavy atom. The standard InChI is InChI=1S/C17H20N2O2/c1-12(2)19(11-14-7-5-4-6-8-14)17(21)16-10-9-15(18-16)13(3)20/h4-10,12,18H,11H2,1-3H3. The molecule has 0 saturated carbocycles. The van der Waals surface area contributed by atoms with Crippen molar-refractivity contribution < 1.29 is 9.59 Å². The largest absolute Gasteiger partial charge is 0.348 e. The zero-order valence-corrected chi connectivity index (χ0v) is 12.6. The molecule has 2 aromatic rings. The first-order valence-corrected chi connectivity index (χ1v) is 7.04. The van der Waals surface area contributed by atoms with Gasteiger partial charge in [0.15, 0.2) is 5.78 Å². The summed E-state index contributed by atoms with van der Waals surface area (Å²) in [4.78, 5) is 28.6. The van der Waals surface area contributed by atoms with Crippen molar-refractivity contribution >= 4 is 11.7 Å². The molecular weight excluding hydrogens is 264 g/mol. The van der Waals surface area contributed by atoms with E-state index in [4.69, 9.17) is 0 Å². The molecular formula is C17H20N2O2. The molecule has 1 amide bonds. The highest BCUT2D eigenvalue weighted by Gasteiger charge is 2.20. The Labute approximate surface area is 124 Å². The van der Waals surface area contributed by atoms with Gasteiger partial charge in [0.25, 0.3) is 5.91 Å². The second kappa shape index (κ2) is 6.39. The highest BCUT2D eigenvalue weighted by Crippen LogP contribution is 2.13. The molecule has 0 unspecified atom stereocenters. The fraction of sp³-hybridized carbons (Fsp3) is 0.294. The summed E-state index contributed by atoms with van der Waals surface area (Å²) >= 11 is 0. The molecule has 1 heterocycles. The average molecular weight is 284 g/mol. The summed E-state index contributed by atoms with van der Waals surface area (Å²) in [5, 5.41) is 0. The first-order chi connectivity index (χ1) is 9.99. The second-order valence-electron chi connectivity index (χ2n) is 5.35. The summed E-state index contributed by atoms with van der Waals surface area (Å²) < 4.78 is 0. The van der Waals surface area contributed by atoms with E-state index in [0.717, 1.165) is 5.56 Å². The third-order valence-corrected chi connectivity index (χ3v) is 3.38. The second-order valence-corrected chi connectivity index (χ2v) is 5.35. The molecule has 110 valence electrons. The molecule has 0 bridgehead atoms. The van der Waals surface area contributed by atoms with Gasteiger partial charge >= 0.3 is 0 Å². The lowest BCUT2D eigenvalue weighted by molar-refractivity contribution is 0.0685. The van der Waals surface area contributed by atoms with Crippen LogP contribution in [0, 0.1) is 0 Å². The van der Waals surface area contributed by atoms with Crippen LogP contribution in [0.2, 0.25) is 0 Å². The van der Waals surface area contributed by atoms with Crippen molar-refractivity contribution in [2.24, 2.45) is 0 Å². The van der Waals surface area contributed by atoms with Gasteiger partial charge in [-0.15, -0.1) is 0 Å². The molecule has 0 fully saturated rings. The van der Waals surface area contributed by atoms with Crippen molar-refractivity contribution in [2.75, 3.05) is 0 Å². The van der Waals surface area contributed by atoms with Crippen molar-refractivity contribution in [3.05, 3.63) is 59.4 Å². The number of H-pyrrole nitrogens is 1. The van der Waals surface area contributed by atoms with Gasteiger partial charge < -0.3 is 9.88 Å². The first-order valence-electron chi connectivity index (χ1n) is 7.04. The molecule has 0 spiro atoms. The van der Waals surface area contributed by atoms with Crippen molar-refractivity contribution in [3.63, 3.8) is 0 Å². The molecule has 4 nitrogen and oxygen atoms in total. The predicted octanol–water partition coefficient (Wildman–Crippen LogP) is 3.27. The van der Waals surface area contributed by atoms with E-state index in [1.165, 1.54) is 6.92 Å². The fourth-order valence-corrected chi connectivity index (χ4v) is 2.15. The van der Waals surface area contributed by atoms with E-state index in [0.29, 0.717) is 17.9 Å².